The second-order valence-electron chi connectivity index (χ2n) is 9.04. The van der Waals surface area contributed by atoms with Crippen molar-refractivity contribution in [3.05, 3.63) is 0 Å². The average molecular weight is 395 g/mol. The van der Waals surface area contributed by atoms with Crippen LogP contribution in [0.2, 0.25) is 0 Å². The Balaban J connectivity index is 1.47. The lowest BCUT2D eigenvalue weighted by Crippen LogP contribution is -2.51. The second-order valence-corrected chi connectivity index (χ2v) is 9.04. The van der Waals surface area contributed by atoms with Crippen LogP contribution in [0, 0.1) is 11.8 Å². The van der Waals surface area contributed by atoms with E-state index in [1.54, 1.807) is 0 Å². The highest BCUT2D eigenvalue weighted by molar-refractivity contribution is 6.09. The summed E-state index contributed by atoms with van der Waals surface area (Å²) in [5.74, 6) is 0.576. The van der Waals surface area contributed by atoms with Gasteiger partial charge in [-0.2, -0.15) is 0 Å². The summed E-state index contributed by atoms with van der Waals surface area (Å²) < 4.78 is 5.74. The maximum atomic E-state index is 12.8. The number of carbonyl (C=O) groups is 3. The molecule has 2 aliphatic heterocycles. The first kappa shape index (κ1) is 21.0. The summed E-state index contributed by atoms with van der Waals surface area (Å²) in [4.78, 5) is 40.9. The van der Waals surface area contributed by atoms with Gasteiger partial charge in [-0.1, -0.05) is 20.8 Å². The van der Waals surface area contributed by atoms with E-state index in [1.165, 1.54) is 0 Å². The van der Waals surface area contributed by atoms with Gasteiger partial charge in [0, 0.05) is 26.2 Å². The van der Waals surface area contributed by atoms with Gasteiger partial charge in [0.1, 0.15) is 12.1 Å². The molecule has 1 aliphatic carbocycles. The van der Waals surface area contributed by atoms with E-state index in [0.717, 1.165) is 37.4 Å². The molecule has 4 amide bonds. The Morgan fingerprint density at radius 3 is 2.71 bits per heavy atom. The number of ether oxygens (including phenoxy) is 1. The number of nitrogens with zero attached hydrogens (tertiary/aromatic N) is 2. The number of rotatable bonds is 6. The van der Waals surface area contributed by atoms with Gasteiger partial charge in [0.2, 0.25) is 5.91 Å². The van der Waals surface area contributed by atoms with E-state index in [-0.39, 0.29) is 24.5 Å². The van der Waals surface area contributed by atoms with Gasteiger partial charge >= 0.3 is 6.03 Å². The summed E-state index contributed by atoms with van der Waals surface area (Å²) in [5.41, 5.74) is -0.798. The van der Waals surface area contributed by atoms with Crippen LogP contribution < -0.4 is 10.6 Å². The lowest BCUT2D eigenvalue weighted by molar-refractivity contribution is -0.136. The summed E-state index contributed by atoms with van der Waals surface area (Å²) >= 11 is 0. The highest BCUT2D eigenvalue weighted by Gasteiger charge is 2.52. The second kappa shape index (κ2) is 8.78. The monoisotopic (exact) mass is 394 g/mol. The lowest BCUT2D eigenvalue weighted by Gasteiger charge is -2.34. The van der Waals surface area contributed by atoms with Crippen LogP contribution in [0.4, 0.5) is 4.79 Å². The molecule has 8 nitrogen and oxygen atoms in total. The van der Waals surface area contributed by atoms with Crippen LogP contribution in [0.3, 0.4) is 0 Å². The highest BCUT2D eigenvalue weighted by atomic mass is 16.5. The normalized spacial score (nSPS) is 31.5. The van der Waals surface area contributed by atoms with Crippen LogP contribution in [-0.4, -0.2) is 78.6 Å². The number of carbonyl (C=O) groups excluding carboxylic acids is 3. The predicted molar refractivity (Wildman–Crippen MR) is 105 cm³/mol. The van der Waals surface area contributed by atoms with E-state index in [1.807, 2.05) is 0 Å². The predicted octanol–water partition coefficient (Wildman–Crippen LogP) is 0.960. The van der Waals surface area contributed by atoms with Crippen LogP contribution in [0.25, 0.3) is 0 Å². The zero-order valence-corrected chi connectivity index (χ0v) is 17.3. The number of morpholine rings is 1. The fourth-order valence-electron chi connectivity index (χ4n) is 4.43. The third-order valence-corrected chi connectivity index (χ3v) is 6.05. The molecule has 2 saturated heterocycles. The summed E-state index contributed by atoms with van der Waals surface area (Å²) in [5, 5.41) is 5.68. The topological polar surface area (TPSA) is 91.0 Å². The average Bonchev–Trinajstić information content (AvgIpc) is 2.87. The first-order chi connectivity index (χ1) is 13.3. The Labute approximate surface area is 167 Å². The standard InChI is InChI=1S/C20H34N4O4/c1-14(2)11-23-8-9-28-16(12-23)10-21-17(25)13-24-18(26)20(22-19(24)27)6-4-15(3)5-7-20/h14-16H,4-13H2,1-3H3,(H,21,25)(H,22,27). The summed E-state index contributed by atoms with van der Waals surface area (Å²) in [7, 11) is 0. The molecule has 28 heavy (non-hydrogen) atoms. The largest absolute Gasteiger partial charge is 0.374 e. The van der Waals surface area contributed by atoms with Crippen molar-refractivity contribution in [2.24, 2.45) is 11.8 Å². The molecular formula is C20H34N4O4. The fraction of sp³-hybridized carbons (Fsp3) is 0.850. The third kappa shape index (κ3) is 4.84. The zero-order valence-electron chi connectivity index (χ0n) is 17.3. The Morgan fingerprint density at radius 2 is 2.04 bits per heavy atom. The van der Waals surface area contributed by atoms with E-state index in [9.17, 15) is 14.4 Å². The molecule has 158 valence electrons. The molecule has 1 unspecified atom stereocenters. The molecule has 3 fully saturated rings. The van der Waals surface area contributed by atoms with Crippen LogP contribution in [0.5, 0.6) is 0 Å². The molecule has 1 atom stereocenters. The van der Waals surface area contributed by atoms with Crippen LogP contribution in [0.15, 0.2) is 0 Å². The van der Waals surface area contributed by atoms with Crippen LogP contribution in [0.1, 0.15) is 46.5 Å². The van der Waals surface area contributed by atoms with E-state index in [2.05, 4.69) is 36.3 Å². The number of urea groups is 1. The van der Waals surface area contributed by atoms with Crippen molar-refractivity contribution in [1.29, 1.82) is 0 Å². The van der Waals surface area contributed by atoms with Crippen molar-refractivity contribution in [3.63, 3.8) is 0 Å². The molecule has 0 aromatic heterocycles. The molecule has 0 aromatic carbocycles. The smallest absolute Gasteiger partial charge is 0.325 e. The van der Waals surface area contributed by atoms with Gasteiger partial charge in [-0.05, 0) is 37.5 Å². The molecular weight excluding hydrogens is 360 g/mol. The van der Waals surface area contributed by atoms with E-state index in [0.29, 0.717) is 37.8 Å². The SMILES string of the molecule is CC(C)CN1CCOC(CNC(=O)CN2C(=O)NC3(CCC(C)CC3)C2=O)C1. The molecule has 1 saturated carbocycles. The minimum atomic E-state index is -0.798. The van der Waals surface area contributed by atoms with Gasteiger partial charge in [-0.25, -0.2) is 4.79 Å². The number of nitrogens with one attached hydrogen (secondary N) is 2. The first-order valence-electron chi connectivity index (χ1n) is 10.5. The summed E-state index contributed by atoms with van der Waals surface area (Å²) in [6, 6.07) is -0.452. The minimum absolute atomic E-state index is 0.0641. The van der Waals surface area contributed by atoms with Gasteiger partial charge in [-0.15, -0.1) is 0 Å². The van der Waals surface area contributed by atoms with E-state index >= 15 is 0 Å². The maximum Gasteiger partial charge on any atom is 0.325 e. The van der Waals surface area contributed by atoms with Crippen LogP contribution >= 0.6 is 0 Å². The Hall–Kier alpha value is -1.67. The highest BCUT2D eigenvalue weighted by Crippen LogP contribution is 2.36. The minimum Gasteiger partial charge on any atom is -0.374 e. The Morgan fingerprint density at radius 1 is 1.32 bits per heavy atom. The number of hydrogen-bond acceptors (Lipinski definition) is 5. The summed E-state index contributed by atoms with van der Waals surface area (Å²) in [6.07, 6.45) is 3.07. The van der Waals surface area contributed by atoms with Gasteiger partial charge < -0.3 is 15.4 Å². The zero-order chi connectivity index (χ0) is 20.3. The van der Waals surface area contributed by atoms with Crippen molar-refractivity contribution in [2.75, 3.05) is 39.3 Å². The van der Waals surface area contributed by atoms with Crippen molar-refractivity contribution in [1.82, 2.24) is 20.4 Å². The summed E-state index contributed by atoms with van der Waals surface area (Å²) in [6.45, 7) is 10.0. The molecule has 3 rings (SSSR count). The quantitative estimate of drug-likeness (QED) is 0.655. The van der Waals surface area contributed by atoms with Gasteiger partial charge in [0.05, 0.1) is 12.7 Å². The third-order valence-electron chi connectivity index (χ3n) is 6.05. The lowest BCUT2D eigenvalue weighted by atomic mass is 9.77. The van der Waals surface area contributed by atoms with E-state index in [4.69, 9.17) is 4.74 Å². The Kier molecular flexibility index (Phi) is 6.60. The Bertz CT molecular complexity index is 601. The first-order valence-corrected chi connectivity index (χ1v) is 10.5. The fourth-order valence-corrected chi connectivity index (χ4v) is 4.43. The van der Waals surface area contributed by atoms with Gasteiger partial charge in [0.25, 0.3) is 5.91 Å². The number of amides is 4. The van der Waals surface area contributed by atoms with Crippen molar-refractivity contribution in [3.8, 4) is 0 Å². The molecule has 1 spiro atoms. The molecule has 8 heteroatoms. The van der Waals surface area contributed by atoms with Crippen LogP contribution in [-0.2, 0) is 14.3 Å². The van der Waals surface area contributed by atoms with Crippen molar-refractivity contribution < 1.29 is 19.1 Å². The van der Waals surface area contributed by atoms with E-state index < -0.39 is 11.6 Å². The molecule has 2 heterocycles. The molecule has 0 radical (unpaired) electrons. The molecule has 0 bridgehead atoms. The molecule has 3 aliphatic rings. The number of hydrogen-bond donors (Lipinski definition) is 2. The van der Waals surface area contributed by atoms with Crippen molar-refractivity contribution in [2.45, 2.75) is 58.1 Å². The molecule has 2 N–H and O–H groups in total. The van der Waals surface area contributed by atoms with Gasteiger partial charge in [0.15, 0.2) is 0 Å². The van der Waals surface area contributed by atoms with Crippen molar-refractivity contribution >= 4 is 17.8 Å². The maximum absolute atomic E-state index is 12.8. The van der Waals surface area contributed by atoms with Gasteiger partial charge in [-0.3, -0.25) is 19.4 Å². The number of imide groups is 1. The molecule has 0 aromatic rings.